The molecule has 0 aromatic heterocycles. The molecule has 1 N–H and O–H groups in total. The topological polar surface area (TPSA) is 105 Å². The van der Waals surface area contributed by atoms with Crippen molar-refractivity contribution in [3.63, 3.8) is 0 Å². The van der Waals surface area contributed by atoms with Crippen LogP contribution in [-0.4, -0.2) is 58.0 Å². The van der Waals surface area contributed by atoms with Crippen LogP contribution < -0.4 is 19.1 Å². The van der Waals surface area contributed by atoms with Crippen molar-refractivity contribution in [2.45, 2.75) is 50.7 Å². The van der Waals surface area contributed by atoms with E-state index >= 15 is 0 Å². The van der Waals surface area contributed by atoms with Gasteiger partial charge in [0.1, 0.15) is 24.1 Å². The molecule has 0 saturated heterocycles. The Kier molecular flexibility index (Phi) is 11.0. The van der Waals surface area contributed by atoms with E-state index in [1.165, 1.54) is 48.4 Å². The number of methoxy groups -OCH3 is 2. The van der Waals surface area contributed by atoms with Gasteiger partial charge in [-0.05, 0) is 86.5 Å². The molecule has 220 valence electrons. The van der Waals surface area contributed by atoms with Gasteiger partial charge in [0.15, 0.2) is 0 Å². The Morgan fingerprint density at radius 2 is 1.56 bits per heavy atom. The van der Waals surface area contributed by atoms with Crippen LogP contribution in [0.5, 0.6) is 11.5 Å². The number of rotatable bonds is 13. The highest BCUT2D eigenvalue weighted by molar-refractivity contribution is 7.92. The zero-order chi connectivity index (χ0) is 30.2. The first-order valence-electron chi connectivity index (χ1n) is 13.1. The van der Waals surface area contributed by atoms with Crippen LogP contribution in [0.15, 0.2) is 77.7 Å². The van der Waals surface area contributed by atoms with Gasteiger partial charge in [-0.15, -0.1) is 0 Å². The summed E-state index contributed by atoms with van der Waals surface area (Å²) < 4.78 is 39.4. The van der Waals surface area contributed by atoms with Gasteiger partial charge in [-0.25, -0.2) is 8.42 Å². The molecule has 2 amide bonds. The molecule has 0 aliphatic heterocycles. The van der Waals surface area contributed by atoms with Crippen LogP contribution in [-0.2, 0) is 26.2 Å². The molecular weight excluding hydrogens is 566 g/mol. The van der Waals surface area contributed by atoms with E-state index in [2.05, 4.69) is 5.32 Å². The third-order valence-electron chi connectivity index (χ3n) is 6.34. The molecule has 1 atom stereocenters. The number of hydrogen-bond donors (Lipinski definition) is 1. The first-order chi connectivity index (χ1) is 19.5. The number of nitrogens with one attached hydrogen (secondary N) is 1. The number of hydrogen-bond acceptors (Lipinski definition) is 6. The molecule has 0 aliphatic rings. The Morgan fingerprint density at radius 3 is 2.12 bits per heavy atom. The number of carbonyl (C=O) groups excluding carboxylic acids is 2. The third-order valence-corrected chi connectivity index (χ3v) is 8.38. The molecule has 0 fully saturated rings. The second-order valence-corrected chi connectivity index (χ2v) is 11.9. The average molecular weight is 602 g/mol. The predicted octanol–water partition coefficient (Wildman–Crippen LogP) is 4.88. The van der Waals surface area contributed by atoms with Crippen molar-refractivity contribution in [1.29, 1.82) is 0 Å². The Balaban J connectivity index is 2.06. The quantitative estimate of drug-likeness (QED) is 0.299. The molecule has 3 aromatic rings. The van der Waals surface area contributed by atoms with E-state index in [4.69, 9.17) is 21.1 Å². The minimum Gasteiger partial charge on any atom is -0.497 e. The Hall–Kier alpha value is -3.76. The lowest BCUT2D eigenvalue weighted by Gasteiger charge is -2.33. The summed E-state index contributed by atoms with van der Waals surface area (Å²) >= 11 is 6.08. The van der Waals surface area contributed by atoms with Crippen LogP contribution in [0.2, 0.25) is 5.02 Å². The van der Waals surface area contributed by atoms with E-state index in [0.717, 1.165) is 9.87 Å². The Labute approximate surface area is 247 Å². The Morgan fingerprint density at radius 1 is 0.927 bits per heavy atom. The second-order valence-electron chi connectivity index (χ2n) is 9.62. The summed E-state index contributed by atoms with van der Waals surface area (Å²) in [6, 6.07) is 18.3. The maximum absolute atomic E-state index is 14.1. The van der Waals surface area contributed by atoms with Crippen LogP contribution in [0.4, 0.5) is 5.69 Å². The number of halogens is 1. The smallest absolute Gasteiger partial charge is 0.264 e. The zero-order valence-electron chi connectivity index (χ0n) is 23.8. The van der Waals surface area contributed by atoms with Crippen molar-refractivity contribution >= 4 is 39.1 Å². The van der Waals surface area contributed by atoms with Gasteiger partial charge in [0.2, 0.25) is 11.8 Å². The van der Waals surface area contributed by atoms with Crippen molar-refractivity contribution in [2.75, 3.05) is 25.1 Å². The molecule has 3 rings (SSSR count). The van der Waals surface area contributed by atoms with Crippen molar-refractivity contribution in [2.24, 2.45) is 0 Å². The molecule has 9 nitrogen and oxygen atoms in total. The first-order valence-corrected chi connectivity index (χ1v) is 15.0. The van der Waals surface area contributed by atoms with Gasteiger partial charge in [0.25, 0.3) is 10.0 Å². The van der Waals surface area contributed by atoms with E-state index < -0.39 is 28.5 Å². The van der Waals surface area contributed by atoms with Gasteiger partial charge in [0, 0.05) is 17.6 Å². The summed E-state index contributed by atoms with van der Waals surface area (Å²) in [4.78, 5) is 28.7. The third kappa shape index (κ3) is 8.14. The number of sulfonamides is 1. The number of carbonyl (C=O) groups is 2. The molecular formula is C30H36ClN3O6S. The fraction of sp³-hybridized carbons (Fsp3) is 0.333. The van der Waals surface area contributed by atoms with E-state index in [0.29, 0.717) is 22.9 Å². The fourth-order valence-corrected chi connectivity index (χ4v) is 5.82. The number of anilines is 1. The lowest BCUT2D eigenvalue weighted by Crippen LogP contribution is -2.53. The monoisotopic (exact) mass is 601 g/mol. The van der Waals surface area contributed by atoms with Crippen LogP contribution >= 0.6 is 11.6 Å². The molecule has 41 heavy (non-hydrogen) atoms. The minimum atomic E-state index is -4.21. The largest absolute Gasteiger partial charge is 0.497 e. The molecule has 3 aromatic carbocycles. The summed E-state index contributed by atoms with van der Waals surface area (Å²) in [5.74, 6) is 0.212. The van der Waals surface area contributed by atoms with Crippen LogP contribution in [0.1, 0.15) is 32.8 Å². The molecule has 0 saturated carbocycles. The molecule has 0 spiro atoms. The number of nitrogens with zero attached hydrogens (tertiary/aromatic N) is 2. The maximum Gasteiger partial charge on any atom is 0.264 e. The van der Waals surface area contributed by atoms with E-state index in [-0.39, 0.29) is 29.1 Å². The van der Waals surface area contributed by atoms with Crippen molar-refractivity contribution in [3.8, 4) is 11.5 Å². The zero-order valence-corrected chi connectivity index (χ0v) is 25.4. The van der Waals surface area contributed by atoms with Crippen LogP contribution in [0.25, 0.3) is 0 Å². The number of benzene rings is 3. The molecule has 0 unspecified atom stereocenters. The highest BCUT2D eigenvalue weighted by Crippen LogP contribution is 2.27. The predicted molar refractivity (Wildman–Crippen MR) is 160 cm³/mol. The van der Waals surface area contributed by atoms with Gasteiger partial charge in [0.05, 0.1) is 24.8 Å². The standard InChI is InChI=1S/C30H36ClN3O6S/c1-6-28(30(36)32-21(2)3)33(19-22-8-7-9-26(18-22)40-5)29(35)20-34(24-12-10-23(31)11-13-24)41(37,38)27-16-14-25(39-4)15-17-27/h7-18,21,28H,6,19-20H2,1-5H3,(H,32,36)/t28-/m0/s1. The van der Waals surface area contributed by atoms with Gasteiger partial charge in [-0.1, -0.05) is 30.7 Å². The maximum atomic E-state index is 14.1. The number of ether oxygens (including phenoxy) is 2. The Bertz CT molecular complexity index is 1430. The second kappa shape index (κ2) is 14.2. The van der Waals surface area contributed by atoms with Gasteiger partial charge < -0.3 is 19.7 Å². The summed E-state index contributed by atoms with van der Waals surface area (Å²) in [5.41, 5.74) is 0.976. The highest BCUT2D eigenvalue weighted by atomic mass is 35.5. The normalized spacial score (nSPS) is 12.0. The van der Waals surface area contributed by atoms with E-state index in [1.807, 2.05) is 26.8 Å². The van der Waals surface area contributed by atoms with Crippen LogP contribution in [0.3, 0.4) is 0 Å². The summed E-state index contributed by atoms with van der Waals surface area (Å²) in [5, 5.41) is 3.29. The lowest BCUT2D eigenvalue weighted by atomic mass is 10.1. The summed E-state index contributed by atoms with van der Waals surface area (Å²) in [6.45, 7) is 5.00. The summed E-state index contributed by atoms with van der Waals surface area (Å²) in [6.07, 6.45) is 0.320. The van der Waals surface area contributed by atoms with Crippen molar-refractivity contribution in [3.05, 3.63) is 83.4 Å². The van der Waals surface area contributed by atoms with E-state index in [1.54, 1.807) is 37.4 Å². The molecule has 0 bridgehead atoms. The molecule has 11 heteroatoms. The van der Waals surface area contributed by atoms with Crippen molar-refractivity contribution in [1.82, 2.24) is 10.2 Å². The van der Waals surface area contributed by atoms with Gasteiger partial charge >= 0.3 is 0 Å². The fourth-order valence-electron chi connectivity index (χ4n) is 4.28. The lowest BCUT2D eigenvalue weighted by molar-refractivity contribution is -0.140. The van der Waals surface area contributed by atoms with Crippen LogP contribution in [0, 0.1) is 0 Å². The molecule has 0 aliphatic carbocycles. The first kappa shape index (κ1) is 31.8. The highest BCUT2D eigenvalue weighted by Gasteiger charge is 2.34. The molecule has 0 radical (unpaired) electrons. The van der Waals surface area contributed by atoms with Gasteiger partial charge in [-0.2, -0.15) is 0 Å². The summed E-state index contributed by atoms with van der Waals surface area (Å²) in [7, 11) is -1.18. The van der Waals surface area contributed by atoms with Gasteiger partial charge in [-0.3, -0.25) is 13.9 Å². The number of amides is 2. The minimum absolute atomic E-state index is 0.0232. The SMILES string of the molecule is CC[C@@H](C(=O)NC(C)C)N(Cc1cccc(OC)c1)C(=O)CN(c1ccc(Cl)cc1)S(=O)(=O)c1ccc(OC)cc1. The average Bonchev–Trinajstić information content (AvgIpc) is 2.96. The van der Waals surface area contributed by atoms with E-state index in [9.17, 15) is 18.0 Å². The van der Waals surface area contributed by atoms with Crippen molar-refractivity contribution < 1.29 is 27.5 Å². The molecule has 0 heterocycles.